The number of thiophene rings is 1. The molecule has 3 rings (SSSR count). The van der Waals surface area contributed by atoms with Crippen molar-refractivity contribution in [1.82, 2.24) is 4.90 Å². The van der Waals surface area contributed by atoms with Crippen LogP contribution in [0.25, 0.3) is 0 Å². The minimum Gasteiger partial charge on any atom is -0.459 e. The van der Waals surface area contributed by atoms with Crippen LogP contribution < -0.4 is 0 Å². The zero-order valence-corrected chi connectivity index (χ0v) is 17.8. The SMILES string of the molecule is CCO[C@H]1OC(C(=O)N(C)C2CCCCC2)=C[C@@H](c2cccs2)[C@@H]1CCCO. The fraction of sp³-hybridized carbons (Fsp3) is 0.682. The number of ether oxygens (including phenoxy) is 2. The summed E-state index contributed by atoms with van der Waals surface area (Å²) in [5.74, 6) is 0.516. The van der Waals surface area contributed by atoms with Crippen molar-refractivity contribution in [3.05, 3.63) is 34.2 Å². The molecule has 5 nitrogen and oxygen atoms in total. The van der Waals surface area contributed by atoms with Crippen LogP contribution in [-0.4, -0.2) is 48.5 Å². The number of likely N-dealkylation sites (N-methyl/N-ethyl adjacent to an activating group) is 1. The van der Waals surface area contributed by atoms with E-state index in [-0.39, 0.29) is 24.3 Å². The summed E-state index contributed by atoms with van der Waals surface area (Å²) in [6.07, 6.45) is 8.78. The first kappa shape index (κ1) is 21.3. The lowest BCUT2D eigenvalue weighted by Crippen LogP contribution is -2.43. The molecule has 0 radical (unpaired) electrons. The third-order valence-electron chi connectivity index (χ3n) is 5.94. The van der Waals surface area contributed by atoms with Gasteiger partial charge >= 0.3 is 0 Å². The van der Waals surface area contributed by atoms with Gasteiger partial charge in [0.15, 0.2) is 5.76 Å². The average Bonchev–Trinajstić information content (AvgIpc) is 3.27. The molecule has 156 valence electrons. The van der Waals surface area contributed by atoms with Crippen LogP contribution in [0, 0.1) is 5.92 Å². The van der Waals surface area contributed by atoms with Crippen LogP contribution in [-0.2, 0) is 14.3 Å². The van der Waals surface area contributed by atoms with Crippen LogP contribution in [0.1, 0.15) is 62.7 Å². The lowest BCUT2D eigenvalue weighted by Gasteiger charge is -2.38. The molecule has 1 fully saturated rings. The molecule has 0 unspecified atom stereocenters. The maximum absolute atomic E-state index is 13.2. The van der Waals surface area contributed by atoms with E-state index in [1.807, 2.05) is 31.0 Å². The van der Waals surface area contributed by atoms with E-state index in [1.165, 1.54) is 24.1 Å². The van der Waals surface area contributed by atoms with E-state index in [2.05, 4.69) is 11.4 Å². The van der Waals surface area contributed by atoms with Crippen LogP contribution >= 0.6 is 11.3 Å². The maximum Gasteiger partial charge on any atom is 0.288 e. The highest BCUT2D eigenvalue weighted by atomic mass is 32.1. The number of hydrogen-bond donors (Lipinski definition) is 1. The molecule has 1 amide bonds. The Hall–Kier alpha value is -1.37. The molecule has 0 aromatic carbocycles. The summed E-state index contributed by atoms with van der Waals surface area (Å²) >= 11 is 1.69. The first-order valence-corrected chi connectivity index (χ1v) is 11.4. The number of nitrogens with zero attached hydrogens (tertiary/aromatic N) is 1. The zero-order valence-electron chi connectivity index (χ0n) is 17.0. The van der Waals surface area contributed by atoms with E-state index in [0.717, 1.165) is 19.3 Å². The molecule has 0 saturated heterocycles. The van der Waals surface area contributed by atoms with Gasteiger partial charge in [-0.05, 0) is 50.1 Å². The van der Waals surface area contributed by atoms with Crippen LogP contribution in [0.4, 0.5) is 0 Å². The van der Waals surface area contributed by atoms with Gasteiger partial charge in [-0.1, -0.05) is 25.3 Å². The topological polar surface area (TPSA) is 59.0 Å². The lowest BCUT2D eigenvalue weighted by atomic mass is 9.84. The van der Waals surface area contributed by atoms with Crippen molar-refractivity contribution in [3.8, 4) is 0 Å². The second-order valence-electron chi connectivity index (χ2n) is 7.75. The molecular weight excluding hydrogens is 374 g/mol. The van der Waals surface area contributed by atoms with Crippen molar-refractivity contribution in [1.29, 1.82) is 0 Å². The van der Waals surface area contributed by atoms with E-state index in [9.17, 15) is 9.90 Å². The Morgan fingerprint density at radius 2 is 2.14 bits per heavy atom. The summed E-state index contributed by atoms with van der Waals surface area (Å²) in [4.78, 5) is 16.3. The summed E-state index contributed by atoms with van der Waals surface area (Å²) in [5, 5.41) is 11.4. The lowest BCUT2D eigenvalue weighted by molar-refractivity contribution is -0.170. The van der Waals surface area contributed by atoms with Crippen molar-refractivity contribution < 1.29 is 19.4 Å². The van der Waals surface area contributed by atoms with Crippen molar-refractivity contribution >= 4 is 17.2 Å². The number of amides is 1. The first-order chi connectivity index (χ1) is 13.7. The van der Waals surface area contributed by atoms with E-state index in [0.29, 0.717) is 24.8 Å². The van der Waals surface area contributed by atoms with E-state index >= 15 is 0 Å². The minimum atomic E-state index is -0.465. The molecule has 1 aromatic rings. The summed E-state index contributed by atoms with van der Waals surface area (Å²) in [6.45, 7) is 2.62. The van der Waals surface area contributed by atoms with Gasteiger partial charge in [0.2, 0.25) is 6.29 Å². The maximum atomic E-state index is 13.2. The third-order valence-corrected chi connectivity index (χ3v) is 6.91. The Morgan fingerprint density at radius 1 is 1.36 bits per heavy atom. The Balaban J connectivity index is 1.85. The van der Waals surface area contributed by atoms with Crippen LogP contribution in [0.2, 0.25) is 0 Å². The van der Waals surface area contributed by atoms with Crippen molar-refractivity contribution in [3.63, 3.8) is 0 Å². The predicted molar refractivity (Wildman–Crippen MR) is 111 cm³/mol. The fourth-order valence-electron chi connectivity index (χ4n) is 4.38. The van der Waals surface area contributed by atoms with E-state index in [4.69, 9.17) is 9.47 Å². The molecule has 28 heavy (non-hydrogen) atoms. The van der Waals surface area contributed by atoms with Crippen LogP contribution in [0.5, 0.6) is 0 Å². The van der Waals surface area contributed by atoms with Gasteiger partial charge in [-0.3, -0.25) is 4.79 Å². The highest BCUT2D eigenvalue weighted by Crippen LogP contribution is 2.41. The van der Waals surface area contributed by atoms with Crippen molar-refractivity contribution in [2.24, 2.45) is 5.92 Å². The van der Waals surface area contributed by atoms with Crippen molar-refractivity contribution in [2.75, 3.05) is 20.3 Å². The quantitative estimate of drug-likeness (QED) is 0.698. The normalized spacial score (nSPS) is 25.8. The summed E-state index contributed by atoms with van der Waals surface area (Å²) in [7, 11) is 1.90. The Bertz CT molecular complexity index is 639. The smallest absolute Gasteiger partial charge is 0.288 e. The number of carbonyl (C=O) groups is 1. The molecule has 3 atom stereocenters. The summed E-state index contributed by atoms with van der Waals surface area (Å²) in [5.41, 5.74) is 0. The second-order valence-corrected chi connectivity index (χ2v) is 8.73. The highest BCUT2D eigenvalue weighted by Gasteiger charge is 2.39. The van der Waals surface area contributed by atoms with E-state index in [1.54, 1.807) is 11.3 Å². The minimum absolute atomic E-state index is 0.0428. The van der Waals surface area contributed by atoms with Gasteiger partial charge in [0.25, 0.3) is 5.91 Å². The summed E-state index contributed by atoms with van der Waals surface area (Å²) < 4.78 is 12.0. The zero-order chi connectivity index (χ0) is 19.9. The molecule has 1 N–H and O–H groups in total. The number of carbonyl (C=O) groups excluding carboxylic acids is 1. The van der Waals surface area contributed by atoms with Gasteiger partial charge in [0.05, 0.1) is 0 Å². The number of rotatable bonds is 8. The largest absolute Gasteiger partial charge is 0.459 e. The second kappa shape index (κ2) is 10.4. The van der Waals surface area contributed by atoms with Crippen molar-refractivity contribution in [2.45, 2.75) is 70.1 Å². The molecule has 1 saturated carbocycles. The predicted octanol–water partition coefficient (Wildman–Crippen LogP) is 4.29. The number of aliphatic hydroxyl groups is 1. The molecule has 2 heterocycles. The molecule has 1 aromatic heterocycles. The molecule has 6 heteroatoms. The molecular formula is C22H33NO4S. The van der Waals surface area contributed by atoms with Gasteiger partial charge in [-0.25, -0.2) is 0 Å². The monoisotopic (exact) mass is 407 g/mol. The third kappa shape index (κ3) is 4.97. The Kier molecular flexibility index (Phi) is 7.94. The van der Waals surface area contributed by atoms with Gasteiger partial charge in [-0.2, -0.15) is 0 Å². The van der Waals surface area contributed by atoms with Gasteiger partial charge in [0.1, 0.15) is 0 Å². The number of hydrogen-bond acceptors (Lipinski definition) is 5. The first-order valence-electron chi connectivity index (χ1n) is 10.6. The van der Waals surface area contributed by atoms with Crippen LogP contribution in [0.15, 0.2) is 29.3 Å². The highest BCUT2D eigenvalue weighted by molar-refractivity contribution is 7.10. The number of allylic oxidation sites excluding steroid dienone is 1. The Morgan fingerprint density at radius 3 is 2.79 bits per heavy atom. The molecule has 0 bridgehead atoms. The molecule has 1 aliphatic carbocycles. The standard InChI is InChI=1S/C22H33NO4S/c1-3-26-22-17(11-7-13-24)18(20-12-8-14-28-20)15-19(27-22)21(25)23(2)16-9-5-4-6-10-16/h8,12,14-18,22,24H,3-7,9-11,13H2,1-2H3/t17-,18+,22-/m0/s1. The number of aliphatic hydroxyl groups excluding tert-OH is 1. The van der Waals surface area contributed by atoms with Gasteiger partial charge in [-0.15, -0.1) is 11.3 Å². The molecule has 1 aliphatic heterocycles. The van der Waals surface area contributed by atoms with E-state index < -0.39 is 6.29 Å². The van der Waals surface area contributed by atoms with Gasteiger partial charge < -0.3 is 19.5 Å². The molecule has 2 aliphatic rings. The Labute approximate surface area is 172 Å². The van der Waals surface area contributed by atoms with Gasteiger partial charge in [0, 0.05) is 43.0 Å². The average molecular weight is 408 g/mol. The summed E-state index contributed by atoms with van der Waals surface area (Å²) in [6, 6.07) is 4.44. The molecule has 0 spiro atoms. The van der Waals surface area contributed by atoms with Crippen LogP contribution in [0.3, 0.4) is 0 Å². The fourth-order valence-corrected chi connectivity index (χ4v) is 5.25.